The monoisotopic (exact) mass is 1450 g/mol. The van der Waals surface area contributed by atoms with Crippen LogP contribution in [0.4, 0.5) is 21.9 Å². The minimum absolute atomic E-state index is 0.0648. The highest BCUT2D eigenvalue weighted by atomic mass is 16.6. The van der Waals surface area contributed by atoms with E-state index in [0.29, 0.717) is 71.1 Å². The van der Waals surface area contributed by atoms with Gasteiger partial charge < -0.3 is 58.9 Å². The SMILES string of the molecule is COc1ccc(C2=CN3C(=O)c4cc(OC)c(OCCCOc5cc6c(cc5OC)C(=O)N5CC7(CC7)C[C@H]5[C@H](O)N6C(=O)OCc5ccc(CC(=O)[C@H](C)NC(=O)[C@@H](CC(=O)CNC(=O)CCC(=O)CCC(=O)N6Cc7ccccc7-c7nnn(C)c7-c7ccccc76)C(C)C)cc5)cc4N=C[C@@H]3C2)cc1. The average Bonchev–Trinajstić information content (AvgIpc) is 1.57. The number of amides is 6. The van der Waals surface area contributed by atoms with E-state index in [4.69, 9.17) is 33.4 Å². The number of nitrogens with zero attached hydrogens (tertiary/aromatic N) is 8. The van der Waals surface area contributed by atoms with E-state index in [1.165, 1.54) is 26.4 Å². The summed E-state index contributed by atoms with van der Waals surface area (Å²) in [5, 5.41) is 26.3. The van der Waals surface area contributed by atoms with E-state index < -0.39 is 47.9 Å². The van der Waals surface area contributed by atoms with Crippen molar-refractivity contribution in [3.05, 3.63) is 161 Å². The topological polar surface area (TPSA) is 309 Å². The Labute approximate surface area is 619 Å². The van der Waals surface area contributed by atoms with Crippen LogP contribution in [0.3, 0.4) is 0 Å². The maximum atomic E-state index is 14.5. The maximum absolute atomic E-state index is 14.5. The summed E-state index contributed by atoms with van der Waals surface area (Å²) in [6.07, 6.45) is 3.60. The van der Waals surface area contributed by atoms with E-state index in [9.17, 15) is 48.3 Å². The van der Waals surface area contributed by atoms with Gasteiger partial charge >= 0.3 is 6.09 Å². The number of ketones is 3. The van der Waals surface area contributed by atoms with Crippen molar-refractivity contribution >= 4 is 81.8 Å². The zero-order valence-electron chi connectivity index (χ0n) is 60.8. The first-order valence-corrected chi connectivity index (χ1v) is 36.1. The number of aromatic nitrogens is 3. The van der Waals surface area contributed by atoms with Crippen molar-refractivity contribution in [1.82, 2.24) is 35.4 Å². The van der Waals surface area contributed by atoms with Gasteiger partial charge in [-0.1, -0.05) is 97.9 Å². The fourth-order valence-electron chi connectivity index (χ4n) is 14.6. The molecule has 13 rings (SSSR count). The third-order valence-corrected chi connectivity index (χ3v) is 20.9. The van der Waals surface area contributed by atoms with Crippen molar-refractivity contribution in [3.63, 3.8) is 0 Å². The van der Waals surface area contributed by atoms with Gasteiger partial charge in [-0.15, -0.1) is 5.10 Å². The molecule has 6 aliphatic rings. The van der Waals surface area contributed by atoms with Crippen LogP contribution in [0.1, 0.15) is 128 Å². The lowest BCUT2D eigenvalue weighted by molar-refractivity contribution is -0.133. The molecule has 6 aromatic carbocycles. The van der Waals surface area contributed by atoms with Crippen molar-refractivity contribution in [2.45, 2.75) is 129 Å². The van der Waals surface area contributed by atoms with E-state index in [0.717, 1.165) is 57.0 Å². The molecule has 7 aromatic rings. The number of hydrogen-bond donors (Lipinski definition) is 3. The van der Waals surface area contributed by atoms with Crippen LogP contribution >= 0.6 is 0 Å². The predicted molar refractivity (Wildman–Crippen MR) is 395 cm³/mol. The first-order valence-electron chi connectivity index (χ1n) is 36.1. The number of carbonyl (C=O) groups excluding carboxylic acids is 9. The molecule has 5 atom stereocenters. The molecule has 556 valence electrons. The number of aryl methyl sites for hydroxylation is 1. The number of para-hydroxylation sites is 1. The molecule has 26 heteroatoms. The minimum atomic E-state index is -1.49. The molecule has 6 heterocycles. The van der Waals surface area contributed by atoms with Crippen LogP contribution < -0.4 is 44.1 Å². The average molecular weight is 1460 g/mol. The lowest BCUT2D eigenvalue weighted by atomic mass is 9.89. The van der Waals surface area contributed by atoms with Gasteiger partial charge in [0.05, 0.1) is 99.6 Å². The number of aliphatic hydroxyl groups is 1. The van der Waals surface area contributed by atoms with E-state index in [-0.39, 0.29) is 141 Å². The highest BCUT2D eigenvalue weighted by Crippen LogP contribution is 2.57. The Balaban J connectivity index is 0.570. The molecule has 0 radical (unpaired) electrons. The molecule has 1 saturated carbocycles. The molecular formula is C81H86N10O16. The van der Waals surface area contributed by atoms with Crippen molar-refractivity contribution in [2.75, 3.05) is 57.4 Å². The molecule has 1 saturated heterocycles. The number of fused-ring (bicyclic) bond motifs is 9. The molecule has 1 aromatic heterocycles. The van der Waals surface area contributed by atoms with Gasteiger partial charge in [0.25, 0.3) is 11.8 Å². The maximum Gasteiger partial charge on any atom is 0.416 e. The second-order valence-corrected chi connectivity index (χ2v) is 28.4. The molecule has 3 N–H and O–H groups in total. The smallest absolute Gasteiger partial charge is 0.416 e. The summed E-state index contributed by atoms with van der Waals surface area (Å²) in [7, 11) is 6.34. The molecule has 5 aliphatic heterocycles. The van der Waals surface area contributed by atoms with E-state index in [1.54, 1.807) is 96.9 Å². The number of benzene rings is 6. The highest BCUT2D eigenvalue weighted by Gasteiger charge is 2.58. The third-order valence-electron chi connectivity index (χ3n) is 20.9. The highest BCUT2D eigenvalue weighted by molar-refractivity contribution is 6.08. The zero-order valence-corrected chi connectivity index (χ0v) is 60.8. The fraction of sp³-hybridized carbons (Fsp3) is 0.383. The summed E-state index contributed by atoms with van der Waals surface area (Å²) < 4.78 is 36.9. The summed E-state index contributed by atoms with van der Waals surface area (Å²) in [6, 6.07) is 34.0. The normalized spacial score (nSPS) is 17.6. The third kappa shape index (κ3) is 15.9. The Morgan fingerprint density at radius 3 is 2.10 bits per heavy atom. The predicted octanol–water partition coefficient (Wildman–Crippen LogP) is 10.1. The minimum Gasteiger partial charge on any atom is -0.497 e. The lowest BCUT2D eigenvalue weighted by Crippen LogP contribution is -2.50. The number of hydrogen-bond acceptors (Lipinski definition) is 19. The number of aliphatic hydroxyl groups excluding tert-OH is 1. The number of anilines is 2. The Bertz CT molecular complexity index is 4700. The Kier molecular flexibility index (Phi) is 21.8. The first-order chi connectivity index (χ1) is 51.6. The quantitative estimate of drug-likeness (QED) is 0.0384. The van der Waals surface area contributed by atoms with Gasteiger partial charge in [0.15, 0.2) is 40.8 Å². The van der Waals surface area contributed by atoms with E-state index >= 15 is 0 Å². The van der Waals surface area contributed by atoms with Crippen molar-refractivity contribution in [3.8, 4) is 51.3 Å². The van der Waals surface area contributed by atoms with Crippen molar-refractivity contribution < 1.29 is 76.7 Å². The summed E-state index contributed by atoms with van der Waals surface area (Å²) >= 11 is 0. The number of methoxy groups -OCH3 is 3. The number of aliphatic imine (C=N–C) groups is 1. The molecule has 107 heavy (non-hydrogen) atoms. The van der Waals surface area contributed by atoms with Gasteiger partial charge in [-0.25, -0.2) is 14.4 Å². The number of ether oxygens (including phenoxy) is 6. The Morgan fingerprint density at radius 1 is 0.710 bits per heavy atom. The lowest BCUT2D eigenvalue weighted by Gasteiger charge is -2.31. The Morgan fingerprint density at radius 2 is 1.39 bits per heavy atom. The summed E-state index contributed by atoms with van der Waals surface area (Å²) in [6.45, 7) is 5.41. The summed E-state index contributed by atoms with van der Waals surface area (Å²) in [5.41, 5.74) is 8.59. The molecule has 2 fully saturated rings. The second kappa shape index (κ2) is 31.6. The summed E-state index contributed by atoms with van der Waals surface area (Å²) in [4.78, 5) is 134. The Hall–Kier alpha value is -11.5. The molecule has 0 bridgehead atoms. The summed E-state index contributed by atoms with van der Waals surface area (Å²) in [5.74, 6) is -2.20. The second-order valence-electron chi connectivity index (χ2n) is 28.4. The van der Waals surface area contributed by atoms with Gasteiger partial charge in [0, 0.05) is 107 Å². The first kappa shape index (κ1) is 73.8. The van der Waals surface area contributed by atoms with E-state index in [1.807, 2.05) is 79.0 Å². The van der Waals surface area contributed by atoms with Crippen LogP contribution in [0.15, 0.2) is 133 Å². The number of Topliss-reactive ketones (excluding diaryl/α,β-unsaturated/α-hetero) is 3. The van der Waals surface area contributed by atoms with E-state index in [2.05, 4.69) is 20.9 Å². The molecule has 6 amide bonds. The molecular weight excluding hydrogens is 1370 g/mol. The van der Waals surface area contributed by atoms with Gasteiger partial charge in [-0.2, -0.15) is 0 Å². The van der Waals surface area contributed by atoms with Gasteiger partial charge in [0.1, 0.15) is 23.8 Å². The van der Waals surface area contributed by atoms with Gasteiger partial charge in [0.2, 0.25) is 17.7 Å². The van der Waals surface area contributed by atoms with Crippen molar-refractivity contribution in [2.24, 2.45) is 29.3 Å². The van der Waals surface area contributed by atoms with Crippen LogP contribution in [0.25, 0.3) is 28.1 Å². The number of nitrogens with one attached hydrogen (secondary N) is 2. The molecule has 1 spiro atoms. The zero-order chi connectivity index (χ0) is 75.4. The van der Waals surface area contributed by atoms with Crippen LogP contribution in [0.2, 0.25) is 0 Å². The largest absolute Gasteiger partial charge is 0.497 e. The molecule has 26 nitrogen and oxygen atoms in total. The van der Waals surface area contributed by atoms with Crippen LogP contribution in [-0.2, 0) is 60.1 Å². The van der Waals surface area contributed by atoms with Crippen molar-refractivity contribution in [1.29, 1.82) is 0 Å². The van der Waals surface area contributed by atoms with Gasteiger partial charge in [-0.05, 0) is 95.7 Å². The van der Waals surface area contributed by atoms with Crippen LogP contribution in [-0.4, -0.2) is 161 Å². The standard InChI is InChI=1S/C81H86N10O16/c1-47(2)60(35-56(93)42-83-72(95)27-23-55(92)24-28-73(96)89-43-52-13-8-9-14-58(52)74-75(87(4)86-85-74)59-15-10-11-16-64(59)89)76(97)84-48(3)67(94)33-49-17-19-50(20-18-49)45-107-80(101)91-65-39-71(69(104-7)37-62(65)78(99)90-46-81(29-30-81)40-66(90)79(91)100)106-32-12-31-105-70-38-63-61(36-68(70)103-6)77(98)88-44-53(34-54(88)41-82-63)51-21-25-57(102-5)26-22-51/h8-11,13-22,25-26,36-39,41,44,47-48,54,60,66,79,100H,12,23-24,27-35,40,42-43,45-46H2,1-7H3,(H,83,95)(H,84,97)/t48-,54-,60-,66-,79-/m0/s1. The van der Waals surface area contributed by atoms with Gasteiger partial charge in [-0.3, -0.25) is 43.3 Å². The molecule has 1 aliphatic carbocycles. The number of rotatable bonds is 28. The van der Waals surface area contributed by atoms with Crippen LogP contribution in [0, 0.1) is 17.3 Å². The molecule has 0 unspecified atom stereocenters. The fourth-order valence-corrected chi connectivity index (χ4v) is 14.6. The number of carbonyl (C=O) groups is 9. The van der Waals surface area contributed by atoms with Crippen LogP contribution in [0.5, 0.6) is 28.7 Å².